The van der Waals surface area contributed by atoms with Gasteiger partial charge >= 0.3 is 29.6 Å². The predicted octanol–water partition coefficient (Wildman–Crippen LogP) is -0.521. The van der Waals surface area contributed by atoms with Crippen LogP contribution in [0.25, 0.3) is 0 Å². The Hall–Kier alpha value is 2.54. The number of aliphatic hydroxyl groups excluding tert-OH is 2. The molecule has 0 saturated heterocycles. The van der Waals surface area contributed by atoms with Gasteiger partial charge in [0.1, 0.15) is 0 Å². The first kappa shape index (κ1) is 29.7. The Bertz CT molecular complexity index is 322. The van der Waals surface area contributed by atoms with Crippen molar-refractivity contribution in [3.05, 3.63) is 0 Å². The molecule has 0 amide bonds. The third kappa shape index (κ3) is 22.7. The molecule has 4 N–H and O–H groups in total. The minimum atomic E-state index is -1.71. The maximum absolute atomic E-state index is 10.5. The van der Waals surface area contributed by atoms with Gasteiger partial charge in [0, 0.05) is 34.5 Å². The molecule has 0 radical (unpaired) electrons. The van der Waals surface area contributed by atoms with Crippen LogP contribution in [0.2, 0.25) is 0 Å². The molecular formula is C12H26NaO6S6+. The average molecular weight is 482 g/mol. The molecule has 0 aliphatic heterocycles. The largest absolute Gasteiger partial charge is 1.00 e. The van der Waals surface area contributed by atoms with E-state index in [1.807, 2.05) is 0 Å². The molecule has 0 heterocycles. The number of unbranched alkanes of at least 4 members (excludes halogenated alkanes) is 2. The van der Waals surface area contributed by atoms with Gasteiger partial charge in [0.2, 0.25) is 0 Å². The fourth-order valence-electron chi connectivity index (χ4n) is 1.35. The molecule has 0 saturated carbocycles. The molecule has 0 bridgehead atoms. The van der Waals surface area contributed by atoms with E-state index in [9.17, 15) is 18.6 Å². The number of hydrogen-bond acceptors (Lipinski definition) is 8. The molecule has 13 heteroatoms. The Morgan fingerprint density at radius 3 is 1.36 bits per heavy atom. The van der Waals surface area contributed by atoms with Crippen molar-refractivity contribution >= 4 is 65.3 Å². The molecule has 25 heavy (non-hydrogen) atoms. The minimum Gasteiger partial charge on any atom is -0.390 e. The van der Waals surface area contributed by atoms with Crippen LogP contribution in [0.5, 0.6) is 0 Å². The van der Waals surface area contributed by atoms with Gasteiger partial charge in [-0.05, 0) is 25.7 Å². The summed E-state index contributed by atoms with van der Waals surface area (Å²) in [4.78, 5) is 0. The second-order valence-corrected chi connectivity index (χ2v) is 12.2. The summed E-state index contributed by atoms with van der Waals surface area (Å²) < 4.78 is 38.1. The Morgan fingerprint density at radius 1 is 0.680 bits per heavy atom. The van der Waals surface area contributed by atoms with Gasteiger partial charge in [-0.25, -0.2) is 8.42 Å². The molecule has 0 aromatic carbocycles. The minimum absolute atomic E-state index is 0. The van der Waals surface area contributed by atoms with Gasteiger partial charge in [-0.2, -0.15) is 0 Å². The maximum atomic E-state index is 10.5. The van der Waals surface area contributed by atoms with Crippen LogP contribution in [0.3, 0.4) is 0 Å². The van der Waals surface area contributed by atoms with Crippen molar-refractivity contribution < 1.29 is 57.3 Å². The van der Waals surface area contributed by atoms with Gasteiger partial charge in [0.25, 0.3) is 0 Å². The van der Waals surface area contributed by atoms with Gasteiger partial charge in [0.05, 0.1) is 12.2 Å². The fourth-order valence-corrected chi connectivity index (χ4v) is 6.87. The van der Waals surface area contributed by atoms with E-state index in [-0.39, 0.29) is 29.6 Å². The van der Waals surface area contributed by atoms with Gasteiger partial charge in [-0.1, -0.05) is 43.2 Å². The van der Waals surface area contributed by atoms with Crippen molar-refractivity contribution in [3.8, 4) is 0 Å². The summed E-state index contributed by atoms with van der Waals surface area (Å²) in [6.07, 6.45) is 1.61. The Morgan fingerprint density at radius 2 is 1.04 bits per heavy atom. The van der Waals surface area contributed by atoms with E-state index in [0.29, 0.717) is 35.9 Å². The molecule has 0 aliphatic carbocycles. The number of aliphatic hydroxyl groups is 2. The van der Waals surface area contributed by atoms with E-state index in [1.165, 1.54) is 21.6 Å². The normalized spacial score (nSPS) is 16.0. The Labute approximate surface area is 193 Å². The zero-order valence-corrected chi connectivity index (χ0v) is 21.2. The summed E-state index contributed by atoms with van der Waals surface area (Å²) in [5.41, 5.74) is 0. The quantitative estimate of drug-likeness (QED) is 0.0936. The van der Waals surface area contributed by atoms with E-state index in [1.54, 1.807) is 21.6 Å². The third-order valence-electron chi connectivity index (χ3n) is 2.68. The molecule has 4 unspecified atom stereocenters. The second-order valence-electron chi connectivity index (χ2n) is 4.81. The second kappa shape index (κ2) is 21.3. The van der Waals surface area contributed by atoms with Crippen LogP contribution in [0.1, 0.15) is 25.7 Å². The van der Waals surface area contributed by atoms with Crippen LogP contribution in [0.15, 0.2) is 0 Å². The predicted molar refractivity (Wildman–Crippen MR) is 112 cm³/mol. The van der Waals surface area contributed by atoms with Gasteiger partial charge in [-0.3, -0.25) is 0 Å². The molecule has 0 aliphatic rings. The SMILES string of the molecule is O=S(O)CCCCSSCC(O)C(O)CSSCCCCS(=O)O.[Na+]. The van der Waals surface area contributed by atoms with Crippen molar-refractivity contribution in [2.75, 3.05) is 34.5 Å². The summed E-state index contributed by atoms with van der Waals surface area (Å²) >= 11 is -3.43. The van der Waals surface area contributed by atoms with Gasteiger partial charge < -0.3 is 19.3 Å². The van der Waals surface area contributed by atoms with Crippen molar-refractivity contribution in [1.29, 1.82) is 0 Å². The third-order valence-corrected chi connectivity index (χ3v) is 8.97. The van der Waals surface area contributed by atoms with Crippen molar-refractivity contribution in [2.24, 2.45) is 0 Å². The van der Waals surface area contributed by atoms with E-state index in [0.717, 1.165) is 24.3 Å². The molecule has 0 aromatic rings. The van der Waals surface area contributed by atoms with Gasteiger partial charge in [0.15, 0.2) is 22.2 Å². The summed E-state index contributed by atoms with van der Waals surface area (Å²) in [5, 5.41) is 19.7. The van der Waals surface area contributed by atoms with E-state index < -0.39 is 34.4 Å². The summed E-state index contributed by atoms with van der Waals surface area (Å²) in [7, 11) is 6.20. The Balaban J connectivity index is 0. The summed E-state index contributed by atoms with van der Waals surface area (Å²) in [6.45, 7) is 0. The first-order valence-electron chi connectivity index (χ1n) is 7.43. The fraction of sp³-hybridized carbons (Fsp3) is 1.00. The maximum Gasteiger partial charge on any atom is 1.00 e. The monoisotopic (exact) mass is 481 g/mol. The van der Waals surface area contributed by atoms with Gasteiger partial charge in [-0.15, -0.1) is 0 Å². The zero-order valence-electron chi connectivity index (χ0n) is 14.3. The van der Waals surface area contributed by atoms with Crippen molar-refractivity contribution in [3.63, 3.8) is 0 Å². The number of hydrogen-bond donors (Lipinski definition) is 4. The van der Waals surface area contributed by atoms with Crippen molar-refractivity contribution in [1.82, 2.24) is 0 Å². The molecule has 0 fully saturated rings. The van der Waals surface area contributed by atoms with E-state index in [2.05, 4.69) is 0 Å². The molecule has 0 aromatic heterocycles. The van der Waals surface area contributed by atoms with Crippen LogP contribution in [-0.4, -0.2) is 74.5 Å². The smallest absolute Gasteiger partial charge is 0.390 e. The van der Waals surface area contributed by atoms with Crippen LogP contribution >= 0.6 is 43.2 Å². The van der Waals surface area contributed by atoms with Crippen molar-refractivity contribution in [2.45, 2.75) is 37.9 Å². The van der Waals surface area contributed by atoms with E-state index in [4.69, 9.17) is 9.11 Å². The van der Waals surface area contributed by atoms with Crippen LogP contribution in [-0.2, 0) is 22.2 Å². The zero-order chi connectivity index (χ0) is 18.2. The molecule has 0 rings (SSSR count). The molecule has 0 spiro atoms. The molecular weight excluding hydrogens is 456 g/mol. The first-order chi connectivity index (χ1) is 11.4. The molecule has 6 nitrogen and oxygen atoms in total. The summed E-state index contributed by atoms with van der Waals surface area (Å²) in [5.74, 6) is 3.22. The Kier molecular flexibility index (Phi) is 25.3. The first-order valence-corrected chi connectivity index (χ1v) is 15.0. The topological polar surface area (TPSA) is 115 Å². The van der Waals surface area contributed by atoms with Crippen LogP contribution < -0.4 is 29.6 Å². The average Bonchev–Trinajstić information content (AvgIpc) is 2.51. The number of rotatable bonds is 17. The standard InChI is InChI=1S/C12H26O6S6.Na/c13-11(9-21-19-5-1-3-7-23(15)16)12(14)10-22-20-6-2-4-8-24(17)18;/h11-14H,1-10H2,(H,15,16)(H,17,18);/q;+1. The van der Waals surface area contributed by atoms with Crippen LogP contribution in [0, 0.1) is 0 Å². The summed E-state index contributed by atoms with van der Waals surface area (Å²) in [6, 6.07) is 0. The van der Waals surface area contributed by atoms with Crippen LogP contribution in [0.4, 0.5) is 0 Å². The molecule has 146 valence electrons. The van der Waals surface area contributed by atoms with E-state index >= 15 is 0 Å². The molecule has 4 atom stereocenters.